The van der Waals surface area contributed by atoms with Gasteiger partial charge in [-0.25, -0.2) is 0 Å². The van der Waals surface area contributed by atoms with Gasteiger partial charge in [0.2, 0.25) is 0 Å². The van der Waals surface area contributed by atoms with Gasteiger partial charge in [-0.3, -0.25) is 9.48 Å². The lowest BCUT2D eigenvalue weighted by molar-refractivity contribution is 0.0975. The molecule has 0 aliphatic carbocycles. The molecule has 0 fully saturated rings. The van der Waals surface area contributed by atoms with Gasteiger partial charge in [-0.15, -0.1) is 0 Å². The van der Waals surface area contributed by atoms with Gasteiger partial charge in [0, 0.05) is 21.9 Å². The molecule has 1 aromatic heterocycles. The molecule has 3 nitrogen and oxygen atoms in total. The molecule has 0 radical (unpaired) electrons. The standard InChI is InChI=1S/C37H54Cl2N2O/c1-2-3-4-5-6-7-8-9-10-11-12-13-14-15-16-17-18-19-20-21-26-36(42)37-33-24-22-23-25-35(33)41(40-37)30-31-27-28-32(38)29-34(31)39/h22-25,27-29H,2-21,26,30H2,1H3. The first-order chi connectivity index (χ1) is 20.6. The molecular formula is C37H54Cl2N2O. The summed E-state index contributed by atoms with van der Waals surface area (Å²) in [5.41, 5.74) is 2.46. The van der Waals surface area contributed by atoms with E-state index in [-0.39, 0.29) is 5.78 Å². The number of halogens is 2. The van der Waals surface area contributed by atoms with E-state index >= 15 is 0 Å². The van der Waals surface area contributed by atoms with E-state index in [1.54, 1.807) is 6.07 Å². The van der Waals surface area contributed by atoms with E-state index in [0.717, 1.165) is 29.3 Å². The monoisotopic (exact) mass is 612 g/mol. The van der Waals surface area contributed by atoms with E-state index in [2.05, 4.69) is 6.92 Å². The predicted octanol–water partition coefficient (Wildman–Crippen LogP) is 12.8. The van der Waals surface area contributed by atoms with Crippen LogP contribution in [0.3, 0.4) is 0 Å². The van der Waals surface area contributed by atoms with Gasteiger partial charge in [0.25, 0.3) is 0 Å². The van der Waals surface area contributed by atoms with Crippen LogP contribution in [0.25, 0.3) is 10.9 Å². The average molecular weight is 614 g/mol. The lowest BCUT2D eigenvalue weighted by atomic mass is 10.0. The highest BCUT2D eigenvalue weighted by Gasteiger charge is 2.17. The smallest absolute Gasteiger partial charge is 0.183 e. The van der Waals surface area contributed by atoms with Gasteiger partial charge in [-0.2, -0.15) is 5.10 Å². The summed E-state index contributed by atoms with van der Waals surface area (Å²) in [4.78, 5) is 13.1. The highest BCUT2D eigenvalue weighted by Crippen LogP contribution is 2.26. The summed E-state index contributed by atoms with van der Waals surface area (Å²) in [6, 6.07) is 13.5. The van der Waals surface area contributed by atoms with Crippen LogP contribution in [0.2, 0.25) is 10.0 Å². The first kappa shape index (κ1) is 34.6. The average Bonchev–Trinajstić information content (AvgIpc) is 3.36. The first-order valence-corrected chi connectivity index (χ1v) is 17.8. The normalized spacial score (nSPS) is 11.5. The molecular weight excluding hydrogens is 559 g/mol. The zero-order chi connectivity index (χ0) is 29.8. The lowest BCUT2D eigenvalue weighted by Gasteiger charge is -2.06. The largest absolute Gasteiger partial charge is 0.292 e. The zero-order valence-electron chi connectivity index (χ0n) is 26.2. The summed E-state index contributed by atoms with van der Waals surface area (Å²) >= 11 is 12.5. The fourth-order valence-corrected chi connectivity index (χ4v) is 6.39. The number of ketones is 1. The minimum Gasteiger partial charge on any atom is -0.292 e. The molecule has 0 bridgehead atoms. The molecule has 0 N–H and O–H groups in total. The molecule has 0 saturated carbocycles. The highest BCUT2D eigenvalue weighted by atomic mass is 35.5. The van der Waals surface area contributed by atoms with Crippen molar-refractivity contribution in [2.24, 2.45) is 0 Å². The van der Waals surface area contributed by atoms with E-state index in [9.17, 15) is 4.79 Å². The topological polar surface area (TPSA) is 34.9 Å². The second-order valence-corrected chi connectivity index (χ2v) is 13.0. The summed E-state index contributed by atoms with van der Waals surface area (Å²) < 4.78 is 1.88. The fraction of sp³-hybridized carbons (Fsp3) is 0.622. The van der Waals surface area contributed by atoms with E-state index in [1.165, 1.54) is 116 Å². The van der Waals surface area contributed by atoms with Crippen LogP contribution in [-0.2, 0) is 6.54 Å². The van der Waals surface area contributed by atoms with Crippen molar-refractivity contribution in [1.82, 2.24) is 9.78 Å². The van der Waals surface area contributed by atoms with Gasteiger partial charge < -0.3 is 0 Å². The SMILES string of the molecule is CCCCCCCCCCCCCCCCCCCCCCC(=O)c1nn(Cc2ccc(Cl)cc2Cl)c2ccccc12. The number of carbonyl (C=O) groups is 1. The molecule has 0 amide bonds. The highest BCUT2D eigenvalue weighted by molar-refractivity contribution is 6.35. The minimum absolute atomic E-state index is 0.134. The Morgan fingerprint density at radius 3 is 1.69 bits per heavy atom. The number of benzene rings is 2. The molecule has 0 aliphatic heterocycles. The van der Waals surface area contributed by atoms with Gasteiger partial charge in [0.05, 0.1) is 12.1 Å². The summed E-state index contributed by atoms with van der Waals surface area (Å²) in [5, 5.41) is 6.87. The molecule has 2 aromatic carbocycles. The molecule has 0 aliphatic rings. The number of Topliss-reactive ketones (excluding diaryl/α,β-unsaturated/α-hetero) is 1. The summed E-state index contributed by atoms with van der Waals surface area (Å²) in [6.45, 7) is 2.79. The molecule has 5 heteroatoms. The maximum absolute atomic E-state index is 13.1. The van der Waals surface area contributed by atoms with Crippen LogP contribution < -0.4 is 0 Å². The Labute approximate surface area is 265 Å². The molecule has 3 aromatic rings. The van der Waals surface area contributed by atoms with Gasteiger partial charge in [0.1, 0.15) is 5.69 Å². The Morgan fingerprint density at radius 2 is 1.17 bits per heavy atom. The van der Waals surface area contributed by atoms with Crippen LogP contribution in [0, 0.1) is 0 Å². The maximum atomic E-state index is 13.1. The Kier molecular flexibility index (Phi) is 17.3. The number of fused-ring (bicyclic) bond motifs is 1. The van der Waals surface area contributed by atoms with Crippen molar-refractivity contribution in [1.29, 1.82) is 0 Å². The van der Waals surface area contributed by atoms with Crippen LogP contribution in [0.5, 0.6) is 0 Å². The second-order valence-electron chi connectivity index (χ2n) is 12.1. The third kappa shape index (κ3) is 12.8. The third-order valence-corrected chi connectivity index (χ3v) is 9.10. The van der Waals surface area contributed by atoms with Crippen LogP contribution in [0.1, 0.15) is 158 Å². The second kappa shape index (κ2) is 21.0. The van der Waals surface area contributed by atoms with Gasteiger partial charge >= 0.3 is 0 Å². The molecule has 3 rings (SSSR count). The summed E-state index contributed by atoms with van der Waals surface area (Å²) in [7, 11) is 0. The quantitative estimate of drug-likeness (QED) is 0.0744. The molecule has 232 valence electrons. The summed E-state index contributed by atoms with van der Waals surface area (Å²) in [5.74, 6) is 0.134. The Hall–Kier alpha value is -1.84. The molecule has 0 spiro atoms. The van der Waals surface area contributed by atoms with Gasteiger partial charge in [0.15, 0.2) is 5.78 Å². The van der Waals surface area contributed by atoms with Crippen molar-refractivity contribution in [2.75, 3.05) is 0 Å². The number of rotatable bonds is 24. The van der Waals surface area contributed by atoms with E-state index in [4.69, 9.17) is 28.3 Å². The van der Waals surface area contributed by atoms with E-state index < -0.39 is 0 Å². The van der Waals surface area contributed by atoms with E-state index in [1.807, 2.05) is 41.1 Å². The Bertz CT molecular complexity index is 1170. The Balaban J connectivity index is 1.21. The Morgan fingerprint density at radius 1 is 0.667 bits per heavy atom. The molecule has 42 heavy (non-hydrogen) atoms. The number of hydrogen-bond acceptors (Lipinski definition) is 2. The van der Waals surface area contributed by atoms with Crippen molar-refractivity contribution in [3.8, 4) is 0 Å². The van der Waals surface area contributed by atoms with Gasteiger partial charge in [-0.1, -0.05) is 176 Å². The number of unbranched alkanes of at least 4 members (excludes halogenated alkanes) is 19. The molecule has 0 unspecified atom stereocenters. The van der Waals surface area contributed by atoms with Crippen LogP contribution in [0.4, 0.5) is 0 Å². The lowest BCUT2D eigenvalue weighted by Crippen LogP contribution is -2.05. The molecule has 0 atom stereocenters. The van der Waals surface area contributed by atoms with Crippen molar-refractivity contribution in [3.63, 3.8) is 0 Å². The van der Waals surface area contributed by atoms with Gasteiger partial charge in [-0.05, 0) is 30.2 Å². The molecule has 0 saturated heterocycles. The number of nitrogens with zero attached hydrogens (tertiary/aromatic N) is 2. The van der Waals surface area contributed by atoms with Crippen LogP contribution >= 0.6 is 23.2 Å². The predicted molar refractivity (Wildman–Crippen MR) is 182 cm³/mol. The molecule has 1 heterocycles. The summed E-state index contributed by atoms with van der Waals surface area (Å²) in [6.07, 6.45) is 27.7. The van der Waals surface area contributed by atoms with Crippen molar-refractivity contribution in [2.45, 2.75) is 148 Å². The van der Waals surface area contributed by atoms with Crippen molar-refractivity contribution >= 4 is 39.9 Å². The first-order valence-electron chi connectivity index (χ1n) is 17.0. The van der Waals surface area contributed by atoms with Crippen molar-refractivity contribution in [3.05, 3.63) is 63.8 Å². The number of carbonyl (C=O) groups excluding carboxylic acids is 1. The number of aromatic nitrogens is 2. The van der Waals surface area contributed by atoms with Crippen LogP contribution in [0.15, 0.2) is 42.5 Å². The third-order valence-electron chi connectivity index (χ3n) is 8.51. The minimum atomic E-state index is 0.134. The maximum Gasteiger partial charge on any atom is 0.183 e. The fourth-order valence-electron chi connectivity index (χ4n) is 5.92. The van der Waals surface area contributed by atoms with Crippen LogP contribution in [-0.4, -0.2) is 15.6 Å². The van der Waals surface area contributed by atoms with E-state index in [0.29, 0.717) is 28.7 Å². The number of para-hydroxylation sites is 1. The van der Waals surface area contributed by atoms with Crippen molar-refractivity contribution < 1.29 is 4.79 Å². The zero-order valence-corrected chi connectivity index (χ0v) is 27.7. The number of hydrogen-bond donors (Lipinski definition) is 0.